The number of rotatable bonds is 0. The molecule has 0 aromatic carbocycles. The number of allylic oxidation sites excluding steroid dienone is 3. The lowest BCUT2D eigenvalue weighted by molar-refractivity contribution is 1.51. The summed E-state index contributed by atoms with van der Waals surface area (Å²) in [6.45, 7) is 2.14. The second-order valence-electron chi connectivity index (χ2n) is 1.70. The second-order valence-corrected chi connectivity index (χ2v) is 2.80. The van der Waals surface area contributed by atoms with Crippen LogP contribution in [0.5, 0.6) is 0 Å². The topological polar surface area (TPSA) is 0 Å². The lowest BCUT2D eigenvalue weighted by Gasteiger charge is -1.97. The van der Waals surface area contributed by atoms with Crippen molar-refractivity contribution in [3.8, 4) is 0 Å². The van der Waals surface area contributed by atoms with Crippen molar-refractivity contribution >= 4 is 8.58 Å². The van der Waals surface area contributed by atoms with E-state index in [-0.39, 0.29) is 0 Å². The minimum Gasteiger partial charge on any atom is -0.0942 e. The third-order valence-corrected chi connectivity index (χ3v) is 2.08. The predicted octanol–water partition coefficient (Wildman–Crippen LogP) is 2.14. The average molecular weight is 112 g/mol. The Hall–Kier alpha value is -0.0900. The van der Waals surface area contributed by atoms with E-state index in [2.05, 4.69) is 24.9 Å². The standard InChI is InChI=1S/C6H9P/c1-6-3-2-4-7-5-6/h2-3,5,7H,4H2,1H3. The van der Waals surface area contributed by atoms with Crippen molar-refractivity contribution in [3.05, 3.63) is 23.5 Å². The van der Waals surface area contributed by atoms with Gasteiger partial charge in [0.05, 0.1) is 0 Å². The van der Waals surface area contributed by atoms with Crippen molar-refractivity contribution in [2.24, 2.45) is 0 Å². The molecule has 0 aromatic heterocycles. The van der Waals surface area contributed by atoms with Gasteiger partial charge in [0.1, 0.15) is 0 Å². The Morgan fingerprint density at radius 1 is 1.71 bits per heavy atom. The van der Waals surface area contributed by atoms with Gasteiger partial charge in [-0.15, -0.1) is 0 Å². The van der Waals surface area contributed by atoms with E-state index < -0.39 is 0 Å². The van der Waals surface area contributed by atoms with Gasteiger partial charge < -0.3 is 0 Å². The molecule has 1 aliphatic rings. The van der Waals surface area contributed by atoms with Crippen molar-refractivity contribution in [3.63, 3.8) is 0 Å². The molecular weight excluding hydrogens is 103 g/mol. The van der Waals surface area contributed by atoms with E-state index in [1.54, 1.807) is 0 Å². The van der Waals surface area contributed by atoms with Crippen molar-refractivity contribution in [1.29, 1.82) is 0 Å². The normalized spacial score (nSPS) is 22.7. The Morgan fingerprint density at radius 3 is 2.86 bits per heavy atom. The Bertz CT molecular complexity index is 111. The summed E-state index contributed by atoms with van der Waals surface area (Å²) < 4.78 is 0. The van der Waals surface area contributed by atoms with Gasteiger partial charge in [-0.1, -0.05) is 32.1 Å². The van der Waals surface area contributed by atoms with Gasteiger partial charge in [-0.3, -0.25) is 0 Å². The summed E-state index contributed by atoms with van der Waals surface area (Å²) in [7, 11) is 1.03. The summed E-state index contributed by atoms with van der Waals surface area (Å²) in [6, 6.07) is 0. The zero-order valence-electron chi connectivity index (χ0n) is 4.44. The maximum absolute atomic E-state index is 2.29. The zero-order valence-corrected chi connectivity index (χ0v) is 5.44. The minimum atomic E-state index is 1.03. The summed E-state index contributed by atoms with van der Waals surface area (Å²) in [5, 5.41) is 0. The van der Waals surface area contributed by atoms with E-state index in [1.807, 2.05) is 0 Å². The van der Waals surface area contributed by atoms with E-state index in [4.69, 9.17) is 0 Å². The molecule has 1 heteroatoms. The molecule has 0 aliphatic carbocycles. The molecule has 0 radical (unpaired) electrons. The van der Waals surface area contributed by atoms with Crippen LogP contribution in [0.1, 0.15) is 6.92 Å². The van der Waals surface area contributed by atoms with E-state index in [0.717, 1.165) is 8.58 Å². The third kappa shape index (κ3) is 1.44. The summed E-state index contributed by atoms with van der Waals surface area (Å²) >= 11 is 0. The quantitative estimate of drug-likeness (QED) is 0.421. The third-order valence-electron chi connectivity index (χ3n) is 0.946. The van der Waals surface area contributed by atoms with Crippen LogP contribution in [-0.2, 0) is 0 Å². The highest BCUT2D eigenvalue weighted by atomic mass is 31.1. The molecule has 0 saturated carbocycles. The van der Waals surface area contributed by atoms with E-state index in [9.17, 15) is 0 Å². The Labute approximate surface area is 46.1 Å². The maximum atomic E-state index is 2.29. The minimum absolute atomic E-state index is 1.03. The molecule has 1 unspecified atom stereocenters. The molecule has 0 bridgehead atoms. The van der Waals surface area contributed by atoms with Crippen LogP contribution in [0.25, 0.3) is 0 Å². The van der Waals surface area contributed by atoms with Crippen LogP contribution in [0.4, 0.5) is 0 Å². The number of hydrogen-bond donors (Lipinski definition) is 0. The SMILES string of the molecule is CC1=CPCC=C1. The molecule has 0 fully saturated rings. The average Bonchev–Trinajstić information content (AvgIpc) is 1.69. The zero-order chi connectivity index (χ0) is 5.11. The largest absolute Gasteiger partial charge is 0.0942 e. The van der Waals surface area contributed by atoms with Crippen molar-refractivity contribution in [1.82, 2.24) is 0 Å². The van der Waals surface area contributed by atoms with Gasteiger partial charge in [-0.2, -0.15) is 0 Å². The Kier molecular flexibility index (Phi) is 1.64. The predicted molar refractivity (Wildman–Crippen MR) is 36.1 cm³/mol. The molecule has 1 heterocycles. The fourth-order valence-electron chi connectivity index (χ4n) is 0.581. The van der Waals surface area contributed by atoms with Gasteiger partial charge in [0.2, 0.25) is 0 Å². The summed E-state index contributed by atoms with van der Waals surface area (Å²) in [5.41, 5.74) is 1.42. The van der Waals surface area contributed by atoms with Crippen LogP contribution < -0.4 is 0 Å². The molecule has 1 rings (SSSR count). The molecule has 0 amide bonds. The molecule has 0 spiro atoms. The lowest BCUT2D eigenvalue weighted by Crippen LogP contribution is -1.73. The molecule has 0 aromatic rings. The van der Waals surface area contributed by atoms with Gasteiger partial charge in [0.15, 0.2) is 0 Å². The van der Waals surface area contributed by atoms with Gasteiger partial charge in [0.25, 0.3) is 0 Å². The maximum Gasteiger partial charge on any atom is -0.0134 e. The van der Waals surface area contributed by atoms with E-state index in [1.165, 1.54) is 11.7 Å². The molecule has 0 saturated heterocycles. The molecular formula is C6H9P. The summed E-state index contributed by atoms with van der Waals surface area (Å²) in [5.74, 6) is 2.29. The first kappa shape index (κ1) is 5.05. The second kappa shape index (κ2) is 2.28. The van der Waals surface area contributed by atoms with Gasteiger partial charge >= 0.3 is 0 Å². The van der Waals surface area contributed by atoms with Crippen LogP contribution in [0.3, 0.4) is 0 Å². The lowest BCUT2D eigenvalue weighted by atomic mass is 10.3. The molecule has 0 N–H and O–H groups in total. The van der Waals surface area contributed by atoms with Crippen LogP contribution in [-0.4, -0.2) is 6.16 Å². The van der Waals surface area contributed by atoms with E-state index >= 15 is 0 Å². The van der Waals surface area contributed by atoms with E-state index in [0.29, 0.717) is 0 Å². The first-order valence-corrected chi connectivity index (χ1v) is 3.75. The monoisotopic (exact) mass is 112 g/mol. The van der Waals surface area contributed by atoms with Gasteiger partial charge in [-0.25, -0.2) is 0 Å². The Balaban J connectivity index is 2.58. The van der Waals surface area contributed by atoms with Gasteiger partial charge in [0, 0.05) is 0 Å². The number of hydrogen-bond acceptors (Lipinski definition) is 0. The highest BCUT2D eigenvalue weighted by Crippen LogP contribution is 2.19. The molecule has 1 aliphatic heterocycles. The van der Waals surface area contributed by atoms with Crippen LogP contribution in [0, 0.1) is 0 Å². The highest BCUT2D eigenvalue weighted by Gasteiger charge is 1.85. The van der Waals surface area contributed by atoms with Crippen LogP contribution in [0.2, 0.25) is 0 Å². The Morgan fingerprint density at radius 2 is 2.57 bits per heavy atom. The molecule has 0 nitrogen and oxygen atoms in total. The smallest absolute Gasteiger partial charge is 0.0134 e. The van der Waals surface area contributed by atoms with Crippen LogP contribution in [0.15, 0.2) is 23.5 Å². The fraction of sp³-hybridized carbons (Fsp3) is 0.333. The molecule has 38 valence electrons. The van der Waals surface area contributed by atoms with Crippen LogP contribution >= 0.6 is 8.58 Å². The highest BCUT2D eigenvalue weighted by molar-refractivity contribution is 7.42. The summed E-state index contributed by atoms with van der Waals surface area (Å²) in [4.78, 5) is 0. The first-order valence-electron chi connectivity index (χ1n) is 2.46. The van der Waals surface area contributed by atoms with Crippen molar-refractivity contribution in [2.45, 2.75) is 6.92 Å². The van der Waals surface area contributed by atoms with Gasteiger partial charge in [-0.05, 0) is 13.1 Å². The van der Waals surface area contributed by atoms with Crippen molar-refractivity contribution < 1.29 is 0 Å². The molecule has 7 heavy (non-hydrogen) atoms. The fourth-order valence-corrected chi connectivity index (χ4v) is 1.37. The molecule has 1 atom stereocenters. The van der Waals surface area contributed by atoms with Crippen molar-refractivity contribution in [2.75, 3.05) is 6.16 Å². The summed E-state index contributed by atoms with van der Waals surface area (Å²) in [6.07, 6.45) is 5.67. The first-order chi connectivity index (χ1) is 3.39.